The van der Waals surface area contributed by atoms with Crippen LogP contribution in [0, 0.1) is 0 Å². The second-order valence-corrected chi connectivity index (χ2v) is 3.63. The average Bonchev–Trinajstić information content (AvgIpc) is 2.66. The summed E-state index contributed by atoms with van der Waals surface area (Å²) in [5.74, 6) is -0.917. The van der Waals surface area contributed by atoms with Gasteiger partial charge in [0.05, 0.1) is 5.56 Å². The maximum atomic E-state index is 10.6. The number of aromatic carboxylic acids is 1. The third-order valence-electron chi connectivity index (χ3n) is 1.61. The normalized spacial score (nSPS) is 10.1. The number of nitrogens with zero attached hydrogens (tertiary/aromatic N) is 3. The first kappa shape index (κ1) is 11.3. The van der Waals surface area contributed by atoms with E-state index >= 15 is 0 Å². The molecule has 0 fully saturated rings. The largest absolute Gasteiger partial charge is 0.478 e. The minimum absolute atomic E-state index is 0.301. The Morgan fingerprint density at radius 2 is 2.53 bits per heavy atom. The van der Waals surface area contributed by atoms with E-state index in [1.807, 2.05) is 12.2 Å². The minimum atomic E-state index is -0.917. The second kappa shape index (κ2) is 5.85. The minimum Gasteiger partial charge on any atom is -0.478 e. The third-order valence-corrected chi connectivity index (χ3v) is 2.51. The summed E-state index contributed by atoms with van der Waals surface area (Å²) in [5.41, 5.74) is 8.32. The zero-order chi connectivity index (χ0) is 11.1. The molecule has 5 nitrogen and oxygen atoms in total. The molecule has 0 atom stereocenters. The Labute approximate surface area is 90.3 Å². The maximum Gasteiger partial charge on any atom is 0.336 e. The van der Waals surface area contributed by atoms with E-state index in [1.165, 1.54) is 11.3 Å². The Hall–Kier alpha value is -1.78. The predicted octanol–water partition coefficient (Wildman–Crippen LogP) is 3.16. The van der Waals surface area contributed by atoms with Gasteiger partial charge in [-0.1, -0.05) is 11.2 Å². The van der Waals surface area contributed by atoms with Crippen molar-refractivity contribution >= 4 is 23.4 Å². The van der Waals surface area contributed by atoms with Gasteiger partial charge in [-0.25, -0.2) is 4.79 Å². The first-order valence-electron chi connectivity index (χ1n) is 4.23. The number of carbonyl (C=O) groups is 1. The summed E-state index contributed by atoms with van der Waals surface area (Å²) in [5, 5.41) is 13.6. The van der Waals surface area contributed by atoms with Crippen LogP contribution in [0.3, 0.4) is 0 Å². The van der Waals surface area contributed by atoms with Gasteiger partial charge in [0, 0.05) is 21.7 Å². The Morgan fingerprint density at radius 1 is 1.73 bits per heavy atom. The molecule has 0 aliphatic heterocycles. The van der Waals surface area contributed by atoms with Crippen molar-refractivity contribution < 1.29 is 9.90 Å². The molecule has 0 aromatic carbocycles. The monoisotopic (exact) mass is 223 g/mol. The lowest BCUT2D eigenvalue weighted by molar-refractivity contribution is 0.0697. The number of carboxylic acids is 1. The number of azide groups is 1. The molecule has 0 radical (unpaired) electrons. The number of carboxylic acid groups (broad SMARTS) is 1. The molecular formula is C9H9N3O2S. The molecule has 0 bridgehead atoms. The fraction of sp³-hybridized carbons (Fsp3) is 0.222. The van der Waals surface area contributed by atoms with Gasteiger partial charge in [-0.3, -0.25) is 0 Å². The van der Waals surface area contributed by atoms with Crippen LogP contribution in [0.1, 0.15) is 21.7 Å². The summed E-state index contributed by atoms with van der Waals surface area (Å²) < 4.78 is 0. The lowest BCUT2D eigenvalue weighted by atomic mass is 10.3. The van der Waals surface area contributed by atoms with Crippen molar-refractivity contribution in [2.24, 2.45) is 5.11 Å². The van der Waals surface area contributed by atoms with Crippen molar-refractivity contribution in [3.05, 3.63) is 38.4 Å². The van der Waals surface area contributed by atoms with Crippen LogP contribution in [0.15, 0.2) is 22.6 Å². The van der Waals surface area contributed by atoms with Gasteiger partial charge in [0.15, 0.2) is 0 Å². The van der Waals surface area contributed by atoms with Crippen molar-refractivity contribution in [3.63, 3.8) is 0 Å². The van der Waals surface area contributed by atoms with E-state index in [1.54, 1.807) is 11.4 Å². The summed E-state index contributed by atoms with van der Waals surface area (Å²) in [4.78, 5) is 14.1. The van der Waals surface area contributed by atoms with E-state index in [4.69, 9.17) is 10.6 Å². The molecule has 0 aliphatic rings. The van der Waals surface area contributed by atoms with Gasteiger partial charge in [0.25, 0.3) is 0 Å². The van der Waals surface area contributed by atoms with E-state index in [0.29, 0.717) is 18.5 Å². The van der Waals surface area contributed by atoms with Crippen LogP contribution >= 0.6 is 11.3 Å². The van der Waals surface area contributed by atoms with Crippen LogP contribution in [0.25, 0.3) is 16.5 Å². The number of hydrogen-bond acceptors (Lipinski definition) is 3. The van der Waals surface area contributed by atoms with Gasteiger partial charge < -0.3 is 5.11 Å². The summed E-state index contributed by atoms with van der Waals surface area (Å²) in [6, 6.07) is 1.61. The van der Waals surface area contributed by atoms with Crippen LogP contribution in [0.2, 0.25) is 0 Å². The van der Waals surface area contributed by atoms with Crippen LogP contribution in [-0.4, -0.2) is 17.6 Å². The molecule has 1 N–H and O–H groups in total. The van der Waals surface area contributed by atoms with Gasteiger partial charge in [0.2, 0.25) is 0 Å². The summed E-state index contributed by atoms with van der Waals surface area (Å²) in [7, 11) is 0. The van der Waals surface area contributed by atoms with E-state index in [0.717, 1.165) is 4.88 Å². The Bertz CT molecular complexity index is 419. The van der Waals surface area contributed by atoms with E-state index in [9.17, 15) is 4.79 Å². The lowest BCUT2D eigenvalue weighted by Gasteiger charge is -1.84. The topological polar surface area (TPSA) is 86.1 Å². The molecule has 1 rings (SSSR count). The highest BCUT2D eigenvalue weighted by molar-refractivity contribution is 7.11. The number of hydrogen-bond donors (Lipinski definition) is 1. The molecule has 15 heavy (non-hydrogen) atoms. The summed E-state index contributed by atoms with van der Waals surface area (Å²) >= 11 is 1.37. The fourth-order valence-electron chi connectivity index (χ4n) is 0.929. The molecule has 1 aromatic rings. The Morgan fingerprint density at radius 3 is 3.13 bits per heavy atom. The SMILES string of the molecule is [N-]=[N+]=NCCC=Cc1cc(C(=O)O)cs1. The van der Waals surface area contributed by atoms with Crippen molar-refractivity contribution in [2.75, 3.05) is 6.54 Å². The van der Waals surface area contributed by atoms with Gasteiger partial charge in [-0.15, -0.1) is 11.3 Å². The Balaban J connectivity index is 2.49. The van der Waals surface area contributed by atoms with Gasteiger partial charge in [-0.2, -0.15) is 0 Å². The Kier molecular flexibility index (Phi) is 4.40. The molecule has 0 saturated heterocycles. The number of rotatable bonds is 5. The van der Waals surface area contributed by atoms with Crippen molar-refractivity contribution in [1.29, 1.82) is 0 Å². The van der Waals surface area contributed by atoms with Crippen LogP contribution in [-0.2, 0) is 0 Å². The zero-order valence-electron chi connectivity index (χ0n) is 7.83. The summed E-state index contributed by atoms with van der Waals surface area (Å²) in [6.07, 6.45) is 4.33. The molecule has 78 valence electrons. The second-order valence-electron chi connectivity index (χ2n) is 2.69. The lowest BCUT2D eigenvalue weighted by Crippen LogP contribution is -1.91. The van der Waals surface area contributed by atoms with Crippen LogP contribution in [0.4, 0.5) is 0 Å². The maximum absolute atomic E-state index is 10.6. The molecule has 1 heterocycles. The molecule has 0 aliphatic carbocycles. The summed E-state index contributed by atoms with van der Waals surface area (Å²) in [6.45, 7) is 0.421. The molecule has 0 unspecified atom stereocenters. The van der Waals surface area contributed by atoms with Crippen molar-refractivity contribution in [3.8, 4) is 0 Å². The highest BCUT2D eigenvalue weighted by Crippen LogP contribution is 2.16. The average molecular weight is 223 g/mol. The predicted molar refractivity (Wildman–Crippen MR) is 58.9 cm³/mol. The molecule has 0 spiro atoms. The van der Waals surface area contributed by atoms with Gasteiger partial charge >= 0.3 is 5.97 Å². The van der Waals surface area contributed by atoms with Crippen molar-refractivity contribution in [2.45, 2.75) is 6.42 Å². The smallest absolute Gasteiger partial charge is 0.336 e. The standard InChI is InChI=1S/C9H9N3O2S/c10-12-11-4-2-1-3-8-5-7(6-15-8)9(13)14/h1,3,5-6H,2,4H2,(H,13,14). The van der Waals surface area contributed by atoms with Gasteiger partial charge in [0.1, 0.15) is 0 Å². The highest BCUT2D eigenvalue weighted by Gasteiger charge is 2.03. The third kappa shape index (κ3) is 3.84. The molecule has 6 heteroatoms. The van der Waals surface area contributed by atoms with E-state index in [2.05, 4.69) is 10.0 Å². The molecule has 1 aromatic heterocycles. The first-order valence-corrected chi connectivity index (χ1v) is 5.11. The molecule has 0 amide bonds. The van der Waals surface area contributed by atoms with E-state index in [-0.39, 0.29) is 0 Å². The van der Waals surface area contributed by atoms with Crippen molar-refractivity contribution in [1.82, 2.24) is 0 Å². The first-order chi connectivity index (χ1) is 7.24. The quantitative estimate of drug-likeness (QED) is 0.359. The fourth-order valence-corrected chi connectivity index (χ4v) is 1.73. The number of thiophene rings is 1. The van der Waals surface area contributed by atoms with Gasteiger partial charge in [-0.05, 0) is 24.1 Å². The van der Waals surface area contributed by atoms with Crippen LogP contribution in [0.5, 0.6) is 0 Å². The van der Waals surface area contributed by atoms with E-state index < -0.39 is 5.97 Å². The molecular weight excluding hydrogens is 214 g/mol. The molecule has 0 saturated carbocycles. The van der Waals surface area contributed by atoms with Crippen LogP contribution < -0.4 is 0 Å². The highest BCUT2D eigenvalue weighted by atomic mass is 32.1. The zero-order valence-corrected chi connectivity index (χ0v) is 8.65.